The summed E-state index contributed by atoms with van der Waals surface area (Å²) in [6.45, 7) is 8.33. The van der Waals surface area contributed by atoms with Gasteiger partial charge in [-0.05, 0) is 68.3 Å². The van der Waals surface area contributed by atoms with Crippen LogP contribution in [0.4, 0.5) is 0 Å². The number of hydrogen-bond donors (Lipinski definition) is 1. The van der Waals surface area contributed by atoms with Gasteiger partial charge in [0, 0.05) is 5.92 Å². The average molecular weight is 314 g/mol. The summed E-state index contributed by atoms with van der Waals surface area (Å²) in [6.07, 6.45) is 8.44. The molecule has 0 saturated heterocycles. The summed E-state index contributed by atoms with van der Waals surface area (Å²) in [7, 11) is 0. The topological polar surface area (TPSA) is 54.4 Å². The van der Waals surface area contributed by atoms with Crippen LogP contribution in [0.3, 0.4) is 0 Å². The highest BCUT2D eigenvalue weighted by Gasteiger charge is 2.63. The van der Waals surface area contributed by atoms with Gasteiger partial charge in [-0.15, -0.1) is 0 Å². The summed E-state index contributed by atoms with van der Waals surface area (Å²) in [6, 6.07) is 0. The summed E-state index contributed by atoms with van der Waals surface area (Å²) in [5.41, 5.74) is 1.66. The van der Waals surface area contributed by atoms with E-state index in [2.05, 4.69) is 13.5 Å². The predicted molar refractivity (Wildman–Crippen MR) is 87.8 cm³/mol. The van der Waals surface area contributed by atoms with E-state index in [1.54, 1.807) is 0 Å². The molecule has 0 radical (unpaired) electrons. The van der Waals surface area contributed by atoms with Crippen molar-refractivity contribution in [3.05, 3.63) is 23.8 Å². The predicted octanol–water partition coefficient (Wildman–Crippen LogP) is 4.14. The molecule has 2 bridgehead atoms. The summed E-state index contributed by atoms with van der Waals surface area (Å²) >= 11 is 0. The lowest BCUT2D eigenvalue weighted by Gasteiger charge is -2.59. The van der Waals surface area contributed by atoms with E-state index in [-0.39, 0.29) is 28.4 Å². The number of fused-ring (bicyclic) bond motifs is 3. The number of rotatable bonds is 1. The minimum atomic E-state index is -0.666. The summed E-state index contributed by atoms with van der Waals surface area (Å²) in [4.78, 5) is 24.6. The van der Waals surface area contributed by atoms with E-state index in [1.807, 2.05) is 13.0 Å². The van der Waals surface area contributed by atoms with Crippen molar-refractivity contribution in [1.82, 2.24) is 0 Å². The Labute approximate surface area is 137 Å². The van der Waals surface area contributed by atoms with Crippen molar-refractivity contribution in [2.45, 2.75) is 58.8 Å². The maximum absolute atomic E-state index is 12.6. The van der Waals surface area contributed by atoms with Crippen LogP contribution < -0.4 is 0 Å². The van der Waals surface area contributed by atoms with Gasteiger partial charge in [-0.1, -0.05) is 31.1 Å². The molecule has 124 valence electrons. The zero-order chi connectivity index (χ0) is 16.6. The van der Waals surface area contributed by atoms with Gasteiger partial charge in [0.05, 0.1) is 5.41 Å². The molecule has 0 amide bonds. The third-order valence-corrected chi connectivity index (χ3v) is 7.80. The molecule has 23 heavy (non-hydrogen) atoms. The van der Waals surface area contributed by atoms with Crippen LogP contribution in [-0.4, -0.2) is 16.9 Å². The van der Waals surface area contributed by atoms with Crippen LogP contribution in [0.5, 0.6) is 0 Å². The molecule has 0 aromatic rings. The van der Waals surface area contributed by atoms with Crippen molar-refractivity contribution in [2.75, 3.05) is 0 Å². The van der Waals surface area contributed by atoms with Gasteiger partial charge >= 0.3 is 5.97 Å². The molecule has 0 aromatic carbocycles. The first-order valence-electron chi connectivity index (χ1n) is 8.91. The van der Waals surface area contributed by atoms with Crippen LogP contribution in [0.2, 0.25) is 0 Å². The van der Waals surface area contributed by atoms with Crippen molar-refractivity contribution in [2.24, 2.45) is 28.1 Å². The zero-order valence-corrected chi connectivity index (χ0v) is 14.2. The van der Waals surface area contributed by atoms with Gasteiger partial charge in [-0.25, -0.2) is 0 Å². The number of hydrogen-bond acceptors (Lipinski definition) is 2. The average Bonchev–Trinajstić information content (AvgIpc) is 2.75. The van der Waals surface area contributed by atoms with E-state index in [9.17, 15) is 14.7 Å². The molecular weight excluding hydrogens is 288 g/mol. The van der Waals surface area contributed by atoms with Crippen molar-refractivity contribution in [1.29, 1.82) is 0 Å². The molecule has 1 spiro atoms. The largest absolute Gasteiger partial charge is 0.481 e. The quantitative estimate of drug-likeness (QED) is 0.740. The smallest absolute Gasteiger partial charge is 0.309 e. The number of carbonyl (C=O) groups is 2. The molecule has 0 aromatic heterocycles. The van der Waals surface area contributed by atoms with Gasteiger partial charge in [0.2, 0.25) is 0 Å². The highest BCUT2D eigenvalue weighted by molar-refractivity contribution is 5.97. The molecule has 4 rings (SSSR count). The highest BCUT2D eigenvalue weighted by atomic mass is 16.4. The number of carbonyl (C=O) groups excluding carboxylic acids is 1. The molecule has 4 aliphatic carbocycles. The van der Waals surface area contributed by atoms with Crippen molar-refractivity contribution < 1.29 is 14.7 Å². The minimum Gasteiger partial charge on any atom is -0.481 e. The molecule has 1 N–H and O–H groups in total. The highest BCUT2D eigenvalue weighted by Crippen LogP contribution is 2.70. The van der Waals surface area contributed by atoms with Gasteiger partial charge in [0.15, 0.2) is 5.78 Å². The Morgan fingerprint density at radius 1 is 1.30 bits per heavy atom. The van der Waals surface area contributed by atoms with Crippen LogP contribution in [0.1, 0.15) is 58.8 Å². The second-order valence-corrected chi connectivity index (χ2v) is 8.92. The zero-order valence-electron chi connectivity index (χ0n) is 14.2. The molecule has 1 unspecified atom stereocenters. The van der Waals surface area contributed by atoms with Gasteiger partial charge in [0.25, 0.3) is 0 Å². The lowest BCUT2D eigenvalue weighted by atomic mass is 9.44. The normalized spacial score (nSPS) is 48.5. The first kappa shape index (κ1) is 15.2. The van der Waals surface area contributed by atoms with Gasteiger partial charge in [-0.3, -0.25) is 9.59 Å². The lowest BCUT2D eigenvalue weighted by Crippen LogP contribution is -2.54. The lowest BCUT2D eigenvalue weighted by molar-refractivity contribution is -0.161. The SMILES string of the molecule is C=C1C[C@@]23CC[C@@H]4[C@](C)(C(=O)O)CCC[C@@]4(C)C2=CC(=O)C1C3. The number of carboxylic acid groups (broad SMARTS) is 1. The van der Waals surface area contributed by atoms with Crippen molar-refractivity contribution in [3.63, 3.8) is 0 Å². The number of allylic oxidation sites excluding steroid dienone is 3. The second-order valence-electron chi connectivity index (χ2n) is 8.92. The van der Waals surface area contributed by atoms with E-state index in [1.165, 1.54) is 5.57 Å². The molecule has 0 aliphatic heterocycles. The molecule has 5 atom stereocenters. The Kier molecular flexibility index (Phi) is 2.88. The number of carboxylic acids is 1. The summed E-state index contributed by atoms with van der Waals surface area (Å²) in [5, 5.41) is 9.87. The Hall–Kier alpha value is -1.38. The fraction of sp³-hybridized carbons (Fsp3) is 0.700. The number of aliphatic carboxylic acids is 1. The fourth-order valence-electron chi connectivity index (χ4n) is 6.67. The second kappa shape index (κ2) is 4.37. The minimum absolute atomic E-state index is 0.0216. The van der Waals surface area contributed by atoms with Crippen molar-refractivity contribution in [3.8, 4) is 0 Å². The standard InChI is InChI=1S/C20H26O3/c1-12-10-20-8-5-15-18(2,6-4-7-19(15,3)17(22)23)16(20)9-14(21)13(12)11-20/h9,13,15H,1,4-8,10-11H2,2-3H3,(H,22,23)/t13?,15-,18+,19+,20+/m0/s1. The Bertz CT molecular complexity index is 660. The Morgan fingerprint density at radius 2 is 2.04 bits per heavy atom. The molecule has 3 saturated carbocycles. The molecular formula is C20H26O3. The first-order valence-corrected chi connectivity index (χ1v) is 8.91. The van der Waals surface area contributed by atoms with Crippen molar-refractivity contribution >= 4 is 11.8 Å². The molecule has 3 heteroatoms. The monoisotopic (exact) mass is 314 g/mol. The Balaban J connectivity index is 1.84. The van der Waals surface area contributed by atoms with E-state index in [4.69, 9.17) is 0 Å². The van der Waals surface area contributed by atoms with Crippen LogP contribution in [0, 0.1) is 28.1 Å². The van der Waals surface area contributed by atoms with Crippen LogP contribution in [0.25, 0.3) is 0 Å². The maximum Gasteiger partial charge on any atom is 0.309 e. The summed E-state index contributed by atoms with van der Waals surface area (Å²) in [5.74, 6) is -0.298. The summed E-state index contributed by atoms with van der Waals surface area (Å²) < 4.78 is 0. The van der Waals surface area contributed by atoms with Gasteiger partial charge in [-0.2, -0.15) is 0 Å². The van der Waals surface area contributed by atoms with E-state index < -0.39 is 11.4 Å². The molecule has 4 aliphatic rings. The van der Waals surface area contributed by atoms with Gasteiger partial charge < -0.3 is 5.11 Å². The molecule has 3 nitrogen and oxygen atoms in total. The van der Waals surface area contributed by atoms with E-state index in [0.717, 1.165) is 50.5 Å². The molecule has 0 heterocycles. The number of ketones is 1. The van der Waals surface area contributed by atoms with Crippen LogP contribution >= 0.6 is 0 Å². The Morgan fingerprint density at radius 3 is 2.74 bits per heavy atom. The fourth-order valence-corrected chi connectivity index (χ4v) is 6.67. The third kappa shape index (κ3) is 1.71. The van der Waals surface area contributed by atoms with Crippen LogP contribution in [0.15, 0.2) is 23.8 Å². The van der Waals surface area contributed by atoms with E-state index >= 15 is 0 Å². The third-order valence-electron chi connectivity index (χ3n) is 7.80. The van der Waals surface area contributed by atoms with E-state index in [0.29, 0.717) is 0 Å². The van der Waals surface area contributed by atoms with Crippen LogP contribution in [-0.2, 0) is 9.59 Å². The first-order chi connectivity index (χ1) is 10.7. The maximum atomic E-state index is 12.6. The van der Waals surface area contributed by atoms with Gasteiger partial charge in [0.1, 0.15) is 0 Å². The molecule has 3 fully saturated rings.